The largest absolute Gasteiger partial charge is 1.00 e. The quantitative estimate of drug-likeness (QED) is 0.601. The molecule has 2 rings (SSSR count). The van der Waals surface area contributed by atoms with Gasteiger partial charge < -0.3 is 6.53 Å². The molecule has 2 aromatic carbocycles. The molecule has 0 aliphatic rings. The van der Waals surface area contributed by atoms with Crippen molar-refractivity contribution in [1.82, 2.24) is 0 Å². The molecular weight excluding hydrogens is 211 g/mol. The Bertz CT molecular complexity index is 629. The Hall–Kier alpha value is -1.52. The van der Waals surface area contributed by atoms with Gasteiger partial charge in [-0.05, 0) is 35.0 Å². The number of phenolic OH excluding ortho intramolecular Hbond substituents is 1. The molecule has 1 N–H and O–H groups in total. The van der Waals surface area contributed by atoms with Crippen LogP contribution in [-0.2, 0) is 0 Å². The van der Waals surface area contributed by atoms with Gasteiger partial charge in [0.1, 0.15) is 11.8 Å². The summed E-state index contributed by atoms with van der Waals surface area (Å²) in [7, 11) is 0. The first-order valence-electron chi connectivity index (χ1n) is 4.31. The Morgan fingerprint density at radius 1 is 1.00 bits per heavy atom. The van der Waals surface area contributed by atoms with Crippen molar-refractivity contribution in [3.8, 4) is 17.9 Å². The third-order valence-corrected chi connectivity index (χ3v) is 2.20. The first kappa shape index (κ1) is 12.5. The van der Waals surface area contributed by atoms with E-state index in [-0.39, 0.29) is 42.3 Å². The minimum absolute atomic E-state index is 0. The smallest absolute Gasteiger partial charge is 1.00 e. The van der Waals surface area contributed by atoms with Gasteiger partial charge in [-0.1, -0.05) is 6.07 Å². The average Bonchev–Trinajstić information content (AvgIpc) is 2.27. The number of rotatable bonds is 0. The molecule has 0 atom stereocenters. The Labute approximate surface area is 116 Å². The summed E-state index contributed by atoms with van der Waals surface area (Å²) >= 11 is 0. The van der Waals surface area contributed by atoms with Gasteiger partial charge in [0.05, 0.1) is 17.2 Å². The third kappa shape index (κ3) is 2.18. The van der Waals surface area contributed by atoms with Crippen LogP contribution in [0.4, 0.5) is 0 Å². The van der Waals surface area contributed by atoms with Gasteiger partial charge in [0.15, 0.2) is 0 Å². The van der Waals surface area contributed by atoms with Crippen molar-refractivity contribution in [1.29, 1.82) is 10.5 Å². The number of hydrogen-bond acceptors (Lipinski definition) is 3. The second-order valence-corrected chi connectivity index (χ2v) is 3.15. The van der Waals surface area contributed by atoms with Crippen molar-refractivity contribution in [3.63, 3.8) is 0 Å². The summed E-state index contributed by atoms with van der Waals surface area (Å²) in [5, 5.41) is 28.5. The van der Waals surface area contributed by atoms with Gasteiger partial charge in [0.2, 0.25) is 0 Å². The summed E-state index contributed by atoms with van der Waals surface area (Å²) in [4.78, 5) is 0. The topological polar surface area (TPSA) is 67.8 Å². The van der Waals surface area contributed by atoms with Gasteiger partial charge in [-0.15, -0.1) is 0 Å². The van der Waals surface area contributed by atoms with E-state index in [1.807, 2.05) is 12.1 Å². The SMILES string of the molecule is N#Cc1ccc2cc(O)c(C#N)cc2c1.[H-].[Na+]. The van der Waals surface area contributed by atoms with Crippen LogP contribution < -0.4 is 29.6 Å². The Morgan fingerprint density at radius 3 is 2.38 bits per heavy atom. The van der Waals surface area contributed by atoms with Crippen LogP contribution in [0.1, 0.15) is 12.6 Å². The molecule has 0 aliphatic carbocycles. The van der Waals surface area contributed by atoms with Crippen LogP contribution in [0.3, 0.4) is 0 Å². The average molecular weight is 218 g/mol. The molecule has 0 radical (unpaired) electrons. The molecule has 2 aromatic rings. The second kappa shape index (κ2) is 5.01. The molecule has 3 nitrogen and oxygen atoms in total. The maximum atomic E-state index is 9.45. The number of hydrogen-bond donors (Lipinski definition) is 1. The minimum Gasteiger partial charge on any atom is -1.00 e. The molecule has 16 heavy (non-hydrogen) atoms. The van der Waals surface area contributed by atoms with Gasteiger partial charge in [-0.25, -0.2) is 0 Å². The molecule has 0 fully saturated rings. The van der Waals surface area contributed by atoms with E-state index in [9.17, 15) is 5.11 Å². The maximum absolute atomic E-state index is 9.45. The molecule has 4 heteroatoms. The van der Waals surface area contributed by atoms with Gasteiger partial charge >= 0.3 is 29.6 Å². The fourth-order valence-electron chi connectivity index (χ4n) is 1.44. The van der Waals surface area contributed by atoms with Crippen LogP contribution >= 0.6 is 0 Å². The van der Waals surface area contributed by atoms with E-state index >= 15 is 0 Å². The minimum atomic E-state index is -0.0327. The van der Waals surface area contributed by atoms with Crippen LogP contribution in [0, 0.1) is 22.7 Å². The summed E-state index contributed by atoms with van der Waals surface area (Å²) in [5.74, 6) is -0.0327. The van der Waals surface area contributed by atoms with E-state index in [0.717, 1.165) is 10.8 Å². The van der Waals surface area contributed by atoms with Crippen LogP contribution in [0.25, 0.3) is 10.8 Å². The van der Waals surface area contributed by atoms with E-state index < -0.39 is 0 Å². The summed E-state index contributed by atoms with van der Waals surface area (Å²) in [6, 6.07) is 12.1. The van der Waals surface area contributed by atoms with Crippen molar-refractivity contribution in [2.24, 2.45) is 0 Å². The summed E-state index contributed by atoms with van der Waals surface area (Å²) < 4.78 is 0. The number of fused-ring (bicyclic) bond motifs is 1. The van der Waals surface area contributed by atoms with E-state index in [0.29, 0.717) is 5.56 Å². The molecule has 0 heterocycles. The van der Waals surface area contributed by atoms with Crippen molar-refractivity contribution in [2.75, 3.05) is 0 Å². The first-order chi connectivity index (χ1) is 7.24. The molecule has 0 amide bonds. The summed E-state index contributed by atoms with van der Waals surface area (Å²) in [6.07, 6.45) is 0. The molecule has 0 aliphatic heterocycles. The number of phenols is 1. The first-order valence-corrected chi connectivity index (χ1v) is 4.31. The zero-order chi connectivity index (χ0) is 10.8. The van der Waals surface area contributed by atoms with Crippen molar-refractivity contribution in [3.05, 3.63) is 41.5 Å². The maximum Gasteiger partial charge on any atom is 1.00 e. The van der Waals surface area contributed by atoms with Gasteiger partial charge in [0, 0.05) is 0 Å². The Balaban J connectivity index is 0.00000128. The Morgan fingerprint density at radius 2 is 1.75 bits per heavy atom. The monoisotopic (exact) mass is 218 g/mol. The van der Waals surface area contributed by atoms with Crippen molar-refractivity contribution in [2.45, 2.75) is 0 Å². The molecular formula is C12H7N2NaO. The van der Waals surface area contributed by atoms with Gasteiger partial charge in [-0.3, -0.25) is 0 Å². The zero-order valence-corrected chi connectivity index (χ0v) is 10.7. The predicted octanol–water partition coefficient (Wildman–Crippen LogP) is -0.595. The molecule has 0 unspecified atom stereocenters. The number of nitrogens with zero attached hydrogens (tertiary/aromatic N) is 2. The molecule has 0 bridgehead atoms. The van der Waals surface area contributed by atoms with E-state index in [4.69, 9.17) is 10.5 Å². The fraction of sp³-hybridized carbons (Fsp3) is 0. The molecule has 0 saturated carbocycles. The van der Waals surface area contributed by atoms with Gasteiger partial charge in [0.25, 0.3) is 0 Å². The molecule has 0 aromatic heterocycles. The molecule has 0 spiro atoms. The number of benzene rings is 2. The molecule has 0 saturated heterocycles. The predicted molar refractivity (Wildman–Crippen MR) is 56.2 cm³/mol. The van der Waals surface area contributed by atoms with Crippen LogP contribution in [-0.4, -0.2) is 5.11 Å². The number of nitriles is 2. The normalized spacial score (nSPS) is 8.88. The summed E-state index contributed by atoms with van der Waals surface area (Å²) in [6.45, 7) is 0. The van der Waals surface area contributed by atoms with Gasteiger partial charge in [-0.2, -0.15) is 10.5 Å². The van der Waals surface area contributed by atoms with Crippen LogP contribution in [0.15, 0.2) is 30.3 Å². The van der Waals surface area contributed by atoms with E-state index in [2.05, 4.69) is 0 Å². The Kier molecular flexibility index (Phi) is 3.93. The third-order valence-electron chi connectivity index (χ3n) is 2.20. The zero-order valence-electron chi connectivity index (χ0n) is 9.73. The van der Waals surface area contributed by atoms with Crippen LogP contribution in [0.2, 0.25) is 0 Å². The van der Waals surface area contributed by atoms with E-state index in [1.165, 1.54) is 6.07 Å². The van der Waals surface area contributed by atoms with E-state index in [1.54, 1.807) is 24.3 Å². The van der Waals surface area contributed by atoms with Crippen molar-refractivity contribution < 1.29 is 36.1 Å². The standard InChI is InChI=1S/C12H6N2O.Na.H/c13-6-8-1-2-9-5-12(15)11(7-14)4-10(9)3-8;;/h1-5,15H;;/q;+1;-1. The molecule has 72 valence electrons. The number of aromatic hydroxyl groups is 1. The van der Waals surface area contributed by atoms with Crippen LogP contribution in [0.5, 0.6) is 5.75 Å². The van der Waals surface area contributed by atoms with Crippen molar-refractivity contribution >= 4 is 10.8 Å². The fourth-order valence-corrected chi connectivity index (χ4v) is 1.44. The second-order valence-electron chi connectivity index (χ2n) is 3.15. The summed E-state index contributed by atoms with van der Waals surface area (Å²) in [5.41, 5.74) is 0.759.